The van der Waals surface area contributed by atoms with E-state index in [2.05, 4.69) is 40.3 Å². The van der Waals surface area contributed by atoms with Crippen LogP contribution in [0.3, 0.4) is 0 Å². The summed E-state index contributed by atoms with van der Waals surface area (Å²) in [6.45, 7) is 15.9. The van der Waals surface area contributed by atoms with Gasteiger partial charge in [0.2, 0.25) is 0 Å². The van der Waals surface area contributed by atoms with Crippen LogP contribution in [0.5, 0.6) is 0 Å². The first kappa shape index (κ1) is 19.5. The van der Waals surface area contributed by atoms with E-state index >= 15 is 0 Å². The molecule has 2 fully saturated rings. The topological polar surface area (TPSA) is 17.1 Å². The van der Waals surface area contributed by atoms with Crippen molar-refractivity contribution in [2.24, 2.45) is 22.7 Å². The fraction of sp³-hybridized carbons (Fsp3) is 0.783. The van der Waals surface area contributed by atoms with Crippen LogP contribution in [-0.4, -0.2) is 5.78 Å². The lowest BCUT2D eigenvalue weighted by Gasteiger charge is -2.58. The Hall–Kier alpha value is -0.850. The third-order valence-electron chi connectivity index (χ3n) is 7.14. The Morgan fingerprint density at radius 2 is 1.92 bits per heavy atom. The summed E-state index contributed by atoms with van der Waals surface area (Å²) in [5.74, 6) is 1.81. The summed E-state index contributed by atoms with van der Waals surface area (Å²) in [5, 5.41) is 0. The zero-order chi connectivity index (χ0) is 18.0. The second-order valence-corrected chi connectivity index (χ2v) is 9.48. The highest BCUT2D eigenvalue weighted by atomic mass is 16.1. The van der Waals surface area contributed by atoms with E-state index in [1.807, 2.05) is 0 Å². The molecule has 0 radical (unpaired) electrons. The molecular formula is C23H38O. The van der Waals surface area contributed by atoms with E-state index in [0.29, 0.717) is 29.0 Å². The van der Waals surface area contributed by atoms with Crippen LogP contribution in [0, 0.1) is 22.7 Å². The lowest BCUT2D eigenvalue weighted by atomic mass is 9.47. The van der Waals surface area contributed by atoms with Crippen molar-refractivity contribution in [1.29, 1.82) is 0 Å². The van der Waals surface area contributed by atoms with Crippen LogP contribution in [0.15, 0.2) is 23.8 Å². The van der Waals surface area contributed by atoms with Crippen molar-refractivity contribution in [3.8, 4) is 0 Å². The molecular weight excluding hydrogens is 292 g/mol. The zero-order valence-corrected chi connectivity index (χ0v) is 16.7. The first-order valence-corrected chi connectivity index (χ1v) is 9.99. The van der Waals surface area contributed by atoms with E-state index in [-0.39, 0.29) is 0 Å². The predicted octanol–water partition coefficient (Wildman–Crippen LogP) is 6.88. The maximum atomic E-state index is 11.1. The minimum atomic E-state index is 0.291. The van der Waals surface area contributed by atoms with E-state index < -0.39 is 0 Å². The maximum absolute atomic E-state index is 11.1. The molecule has 0 bridgehead atoms. The molecule has 0 heterocycles. The second kappa shape index (κ2) is 7.58. The molecule has 1 heteroatoms. The van der Waals surface area contributed by atoms with E-state index in [1.54, 1.807) is 6.92 Å². The molecule has 0 aromatic carbocycles. The monoisotopic (exact) mass is 330 g/mol. The van der Waals surface area contributed by atoms with Crippen molar-refractivity contribution in [2.75, 3.05) is 0 Å². The minimum Gasteiger partial charge on any atom is -0.300 e. The van der Waals surface area contributed by atoms with Gasteiger partial charge in [0.15, 0.2) is 0 Å². The SMILES string of the molecule is C=C1CC[C@@H]2C(C)(C)CCC[C@]2(C)[C@H]1CC/C(C)=C/CCC(C)=O. The van der Waals surface area contributed by atoms with Crippen molar-refractivity contribution in [3.63, 3.8) is 0 Å². The molecule has 2 saturated carbocycles. The molecule has 24 heavy (non-hydrogen) atoms. The van der Waals surface area contributed by atoms with E-state index in [9.17, 15) is 4.79 Å². The van der Waals surface area contributed by atoms with Gasteiger partial charge in [0.1, 0.15) is 5.78 Å². The van der Waals surface area contributed by atoms with E-state index in [1.165, 1.54) is 49.7 Å². The summed E-state index contributed by atoms with van der Waals surface area (Å²) in [6.07, 6.45) is 13.0. The molecule has 0 N–H and O–H groups in total. The van der Waals surface area contributed by atoms with Crippen molar-refractivity contribution in [1.82, 2.24) is 0 Å². The number of hydrogen-bond donors (Lipinski definition) is 0. The minimum absolute atomic E-state index is 0.291. The van der Waals surface area contributed by atoms with Crippen molar-refractivity contribution >= 4 is 5.78 Å². The molecule has 2 aliphatic carbocycles. The number of carbonyl (C=O) groups is 1. The van der Waals surface area contributed by atoms with Gasteiger partial charge in [0.05, 0.1) is 0 Å². The Kier molecular flexibility index (Phi) is 6.15. The van der Waals surface area contributed by atoms with Crippen molar-refractivity contribution in [2.45, 2.75) is 92.4 Å². The van der Waals surface area contributed by atoms with Crippen LogP contribution < -0.4 is 0 Å². The summed E-state index contributed by atoms with van der Waals surface area (Å²) in [5.41, 5.74) is 3.88. The largest absolute Gasteiger partial charge is 0.300 e. The Balaban J connectivity index is 2.04. The fourth-order valence-electron chi connectivity index (χ4n) is 5.80. The normalized spacial score (nSPS) is 33.2. The van der Waals surface area contributed by atoms with Crippen LogP contribution in [0.1, 0.15) is 92.4 Å². The van der Waals surface area contributed by atoms with Gasteiger partial charge in [-0.25, -0.2) is 0 Å². The molecule has 136 valence electrons. The van der Waals surface area contributed by atoms with Crippen LogP contribution in [0.25, 0.3) is 0 Å². The molecule has 3 atom stereocenters. The zero-order valence-electron chi connectivity index (χ0n) is 16.7. The Bertz CT molecular complexity index is 510. The smallest absolute Gasteiger partial charge is 0.130 e. The van der Waals surface area contributed by atoms with Crippen LogP contribution in [0.4, 0.5) is 0 Å². The first-order valence-electron chi connectivity index (χ1n) is 9.99. The number of carbonyl (C=O) groups excluding carboxylic acids is 1. The van der Waals surface area contributed by atoms with Crippen LogP contribution in [-0.2, 0) is 4.79 Å². The van der Waals surface area contributed by atoms with Gasteiger partial charge in [0, 0.05) is 6.42 Å². The molecule has 0 unspecified atom stereocenters. The van der Waals surface area contributed by atoms with Crippen LogP contribution in [0.2, 0.25) is 0 Å². The van der Waals surface area contributed by atoms with Crippen molar-refractivity contribution < 1.29 is 4.79 Å². The highest BCUT2D eigenvalue weighted by Gasteiger charge is 2.52. The molecule has 0 aromatic heterocycles. The fourth-order valence-corrected chi connectivity index (χ4v) is 5.80. The van der Waals surface area contributed by atoms with Gasteiger partial charge in [-0.05, 0) is 81.5 Å². The molecule has 1 nitrogen and oxygen atoms in total. The van der Waals surface area contributed by atoms with Gasteiger partial charge in [-0.1, -0.05) is 51.0 Å². The number of fused-ring (bicyclic) bond motifs is 1. The summed E-state index contributed by atoms with van der Waals surface area (Å²) in [4.78, 5) is 11.1. The lowest BCUT2D eigenvalue weighted by molar-refractivity contribution is -0.116. The van der Waals surface area contributed by atoms with Crippen molar-refractivity contribution in [3.05, 3.63) is 23.8 Å². The van der Waals surface area contributed by atoms with E-state index in [4.69, 9.17) is 0 Å². The quantitative estimate of drug-likeness (QED) is 0.485. The highest BCUT2D eigenvalue weighted by Crippen LogP contribution is 2.61. The Labute approximate surface area is 150 Å². The molecule has 0 aromatic rings. The maximum Gasteiger partial charge on any atom is 0.130 e. The number of Topliss-reactive ketones (excluding diaryl/α,β-unsaturated/α-hetero) is 1. The summed E-state index contributed by atoms with van der Waals surface area (Å²) < 4.78 is 0. The molecule has 0 spiro atoms. The molecule has 0 amide bonds. The Morgan fingerprint density at radius 3 is 2.58 bits per heavy atom. The van der Waals surface area contributed by atoms with Gasteiger partial charge >= 0.3 is 0 Å². The number of rotatable bonds is 6. The van der Waals surface area contributed by atoms with Gasteiger partial charge < -0.3 is 4.79 Å². The summed E-state index contributed by atoms with van der Waals surface area (Å²) in [6, 6.07) is 0. The standard InChI is InChI=1S/C23H38O/c1-17(9-7-10-19(3)24)11-13-20-18(2)12-14-21-22(4,5)15-8-16-23(20,21)6/h9,20-21H,2,7-8,10-16H2,1,3-6H3/b17-9+/t20-,21+,23+/m0/s1. The Morgan fingerprint density at radius 1 is 1.21 bits per heavy atom. The molecule has 2 rings (SSSR count). The molecule has 2 aliphatic rings. The van der Waals surface area contributed by atoms with Crippen LogP contribution >= 0.6 is 0 Å². The summed E-state index contributed by atoms with van der Waals surface area (Å²) >= 11 is 0. The molecule has 0 saturated heterocycles. The highest BCUT2D eigenvalue weighted by molar-refractivity contribution is 5.75. The van der Waals surface area contributed by atoms with E-state index in [0.717, 1.165) is 18.8 Å². The third-order valence-corrected chi connectivity index (χ3v) is 7.14. The second-order valence-electron chi connectivity index (χ2n) is 9.48. The van der Waals surface area contributed by atoms with Gasteiger partial charge in [-0.15, -0.1) is 0 Å². The third kappa shape index (κ3) is 4.21. The number of ketones is 1. The summed E-state index contributed by atoms with van der Waals surface area (Å²) in [7, 11) is 0. The van der Waals surface area contributed by atoms with Gasteiger partial charge in [0.25, 0.3) is 0 Å². The lowest BCUT2D eigenvalue weighted by Crippen LogP contribution is -2.49. The molecule has 0 aliphatic heterocycles. The van der Waals surface area contributed by atoms with Gasteiger partial charge in [-0.3, -0.25) is 0 Å². The van der Waals surface area contributed by atoms with Gasteiger partial charge in [-0.2, -0.15) is 0 Å². The number of allylic oxidation sites excluding steroid dienone is 3. The average molecular weight is 331 g/mol. The number of hydrogen-bond acceptors (Lipinski definition) is 1. The predicted molar refractivity (Wildman–Crippen MR) is 104 cm³/mol. The average Bonchev–Trinajstić information content (AvgIpc) is 2.45. The first-order chi connectivity index (χ1) is 11.2.